The van der Waals surface area contributed by atoms with Crippen LogP contribution in [0, 0.1) is 18.8 Å². The van der Waals surface area contributed by atoms with Crippen molar-refractivity contribution in [2.24, 2.45) is 11.8 Å². The molecule has 1 nitrogen and oxygen atoms in total. The lowest BCUT2D eigenvalue weighted by Gasteiger charge is -2.32. The number of quaternary nitrogens is 1. The summed E-state index contributed by atoms with van der Waals surface area (Å²) < 4.78 is 0. The molecule has 0 aliphatic heterocycles. The first-order valence-corrected chi connectivity index (χ1v) is 7.37. The van der Waals surface area contributed by atoms with Crippen molar-refractivity contribution in [3.8, 4) is 0 Å². The lowest BCUT2D eigenvalue weighted by molar-refractivity contribution is -0.713. The zero-order valence-corrected chi connectivity index (χ0v) is 11.5. The van der Waals surface area contributed by atoms with E-state index in [1.54, 1.807) is 0 Å². The van der Waals surface area contributed by atoms with Gasteiger partial charge < -0.3 is 5.32 Å². The second-order valence-corrected chi connectivity index (χ2v) is 6.76. The van der Waals surface area contributed by atoms with Crippen molar-refractivity contribution in [2.45, 2.75) is 52.6 Å². The largest absolute Gasteiger partial charge is 0.339 e. The molecule has 0 saturated heterocycles. The van der Waals surface area contributed by atoms with Gasteiger partial charge in [-0.15, -0.1) is 11.3 Å². The van der Waals surface area contributed by atoms with Crippen LogP contribution in [-0.2, 0) is 6.54 Å². The standard InChI is InChI=1S/C14H23NS/c1-10-5-4-6-14(12(10)3)15-9-13-8-7-11(2)16-13/h7-8,10,12,14-15H,4-6,9H2,1-3H3/p+1/t10-,12+,14-/m0/s1. The molecule has 1 aliphatic carbocycles. The predicted octanol–water partition coefficient (Wildman–Crippen LogP) is 2.94. The minimum atomic E-state index is 0.853. The van der Waals surface area contributed by atoms with Gasteiger partial charge in [0.15, 0.2) is 0 Å². The first-order valence-electron chi connectivity index (χ1n) is 6.55. The first kappa shape index (κ1) is 12.1. The Morgan fingerprint density at radius 3 is 2.81 bits per heavy atom. The van der Waals surface area contributed by atoms with Crippen LogP contribution in [0.4, 0.5) is 0 Å². The summed E-state index contributed by atoms with van der Waals surface area (Å²) in [6.07, 6.45) is 4.27. The van der Waals surface area contributed by atoms with Crippen LogP contribution in [0.25, 0.3) is 0 Å². The Hall–Kier alpha value is -0.340. The summed E-state index contributed by atoms with van der Waals surface area (Å²) in [4.78, 5) is 2.97. The number of nitrogens with two attached hydrogens (primary N) is 1. The van der Waals surface area contributed by atoms with E-state index < -0.39 is 0 Å². The van der Waals surface area contributed by atoms with E-state index in [1.165, 1.54) is 35.6 Å². The second kappa shape index (κ2) is 5.33. The van der Waals surface area contributed by atoms with E-state index in [9.17, 15) is 0 Å². The third-order valence-corrected chi connectivity index (χ3v) is 5.21. The Kier molecular flexibility index (Phi) is 4.04. The normalized spacial score (nSPS) is 30.6. The average Bonchev–Trinajstić information content (AvgIpc) is 2.67. The predicted molar refractivity (Wildman–Crippen MR) is 70.7 cm³/mol. The van der Waals surface area contributed by atoms with Crippen LogP contribution < -0.4 is 5.32 Å². The van der Waals surface area contributed by atoms with Gasteiger partial charge in [-0.05, 0) is 44.2 Å². The topological polar surface area (TPSA) is 16.6 Å². The van der Waals surface area contributed by atoms with Crippen LogP contribution in [0.3, 0.4) is 0 Å². The molecule has 1 fully saturated rings. The molecule has 1 aromatic rings. The fourth-order valence-corrected chi connectivity index (χ4v) is 3.68. The molecule has 3 atom stereocenters. The quantitative estimate of drug-likeness (QED) is 0.834. The summed E-state index contributed by atoms with van der Waals surface area (Å²) in [6.45, 7) is 8.23. The van der Waals surface area contributed by atoms with Crippen LogP contribution in [0.5, 0.6) is 0 Å². The van der Waals surface area contributed by atoms with Crippen molar-refractivity contribution in [2.75, 3.05) is 0 Å². The van der Waals surface area contributed by atoms with Gasteiger partial charge in [0.2, 0.25) is 0 Å². The van der Waals surface area contributed by atoms with E-state index >= 15 is 0 Å². The first-order chi connectivity index (χ1) is 7.66. The summed E-state index contributed by atoms with van der Waals surface area (Å²) in [6, 6.07) is 5.37. The molecule has 0 amide bonds. The Morgan fingerprint density at radius 1 is 1.31 bits per heavy atom. The molecule has 0 radical (unpaired) electrons. The van der Waals surface area contributed by atoms with Crippen LogP contribution in [0.1, 0.15) is 42.9 Å². The molecule has 1 aromatic heterocycles. The lowest BCUT2D eigenvalue weighted by atomic mass is 9.78. The minimum absolute atomic E-state index is 0.853. The van der Waals surface area contributed by atoms with Crippen molar-refractivity contribution >= 4 is 11.3 Å². The zero-order valence-electron chi connectivity index (χ0n) is 10.7. The molecule has 0 bridgehead atoms. The molecule has 1 saturated carbocycles. The molecule has 0 aromatic carbocycles. The monoisotopic (exact) mass is 238 g/mol. The summed E-state index contributed by atoms with van der Waals surface area (Å²) in [7, 11) is 0. The fraction of sp³-hybridized carbons (Fsp3) is 0.714. The molecular weight excluding hydrogens is 214 g/mol. The maximum Gasteiger partial charge on any atom is 0.111 e. The maximum absolute atomic E-state index is 2.58. The highest BCUT2D eigenvalue weighted by molar-refractivity contribution is 7.11. The molecular formula is C14H24NS+. The van der Waals surface area contributed by atoms with Gasteiger partial charge in [0.25, 0.3) is 0 Å². The van der Waals surface area contributed by atoms with Crippen LogP contribution in [0.2, 0.25) is 0 Å². The number of thiophene rings is 1. The average molecular weight is 238 g/mol. The zero-order chi connectivity index (χ0) is 11.5. The van der Waals surface area contributed by atoms with Gasteiger partial charge in [-0.25, -0.2) is 0 Å². The lowest BCUT2D eigenvalue weighted by Crippen LogP contribution is -2.90. The van der Waals surface area contributed by atoms with Gasteiger partial charge in [0, 0.05) is 10.8 Å². The summed E-state index contributed by atoms with van der Waals surface area (Å²) in [5, 5.41) is 2.58. The van der Waals surface area contributed by atoms with Gasteiger partial charge in [-0.3, -0.25) is 0 Å². The third-order valence-electron chi connectivity index (χ3n) is 4.19. The highest BCUT2D eigenvalue weighted by atomic mass is 32.1. The van der Waals surface area contributed by atoms with Crippen molar-refractivity contribution in [3.05, 3.63) is 21.9 Å². The Morgan fingerprint density at radius 2 is 2.12 bits per heavy atom. The minimum Gasteiger partial charge on any atom is -0.339 e. The SMILES string of the molecule is Cc1ccc(C[NH2+][C@H]2CCC[C@H](C)[C@H]2C)s1. The van der Waals surface area contributed by atoms with Gasteiger partial charge in [-0.2, -0.15) is 0 Å². The molecule has 2 N–H and O–H groups in total. The van der Waals surface area contributed by atoms with Gasteiger partial charge in [-0.1, -0.05) is 13.8 Å². The molecule has 2 heteroatoms. The smallest absolute Gasteiger partial charge is 0.111 e. The van der Waals surface area contributed by atoms with Crippen LogP contribution in [0.15, 0.2) is 12.1 Å². The van der Waals surface area contributed by atoms with E-state index in [1.807, 2.05) is 11.3 Å². The Labute approximate surface area is 103 Å². The second-order valence-electron chi connectivity index (χ2n) is 5.38. The molecule has 90 valence electrons. The number of hydrogen-bond acceptors (Lipinski definition) is 1. The van der Waals surface area contributed by atoms with Gasteiger partial charge in [0.1, 0.15) is 6.54 Å². The summed E-state index contributed by atoms with van der Waals surface area (Å²) in [5.41, 5.74) is 0. The van der Waals surface area contributed by atoms with Crippen molar-refractivity contribution in [1.82, 2.24) is 0 Å². The highest BCUT2D eigenvalue weighted by Gasteiger charge is 2.29. The highest BCUT2D eigenvalue weighted by Crippen LogP contribution is 2.27. The summed E-state index contributed by atoms with van der Waals surface area (Å²) >= 11 is 1.95. The van der Waals surface area contributed by atoms with E-state index in [4.69, 9.17) is 0 Å². The molecule has 0 spiro atoms. The molecule has 0 unspecified atom stereocenters. The molecule has 1 heterocycles. The number of hydrogen-bond donors (Lipinski definition) is 1. The van der Waals surface area contributed by atoms with Crippen molar-refractivity contribution in [3.63, 3.8) is 0 Å². The molecule has 1 aliphatic rings. The Balaban J connectivity index is 1.85. The van der Waals surface area contributed by atoms with E-state index in [-0.39, 0.29) is 0 Å². The van der Waals surface area contributed by atoms with Crippen LogP contribution >= 0.6 is 11.3 Å². The third kappa shape index (κ3) is 2.86. The van der Waals surface area contributed by atoms with Gasteiger partial charge >= 0.3 is 0 Å². The van der Waals surface area contributed by atoms with Gasteiger partial charge in [0.05, 0.1) is 10.9 Å². The van der Waals surface area contributed by atoms with Crippen molar-refractivity contribution < 1.29 is 5.32 Å². The van der Waals surface area contributed by atoms with E-state index in [0.29, 0.717) is 0 Å². The summed E-state index contributed by atoms with van der Waals surface area (Å²) in [5.74, 6) is 1.80. The molecule has 2 rings (SSSR count). The maximum atomic E-state index is 2.58. The van der Waals surface area contributed by atoms with E-state index in [2.05, 4.69) is 38.2 Å². The van der Waals surface area contributed by atoms with E-state index in [0.717, 1.165) is 17.9 Å². The van der Waals surface area contributed by atoms with Crippen molar-refractivity contribution in [1.29, 1.82) is 0 Å². The van der Waals surface area contributed by atoms with Crippen LogP contribution in [-0.4, -0.2) is 6.04 Å². The number of aryl methyl sites for hydroxylation is 1. The Bertz CT molecular complexity index is 331. The molecule has 16 heavy (non-hydrogen) atoms. The number of rotatable bonds is 3. The fourth-order valence-electron chi connectivity index (χ4n) is 2.82.